The van der Waals surface area contributed by atoms with Gasteiger partial charge in [0.05, 0.1) is 6.04 Å². The Morgan fingerprint density at radius 3 is 2.42 bits per heavy atom. The van der Waals surface area contributed by atoms with Gasteiger partial charge in [-0.3, -0.25) is 0 Å². The van der Waals surface area contributed by atoms with Crippen molar-refractivity contribution in [2.24, 2.45) is 0 Å². The largest absolute Gasteiger partial charge is 0.459 e. The van der Waals surface area contributed by atoms with E-state index in [1.54, 1.807) is 0 Å². The van der Waals surface area contributed by atoms with Crippen molar-refractivity contribution >= 4 is 11.0 Å². The molecule has 0 bridgehead atoms. The van der Waals surface area contributed by atoms with Gasteiger partial charge >= 0.3 is 0 Å². The zero-order chi connectivity index (χ0) is 13.8. The molecule has 1 heterocycles. The summed E-state index contributed by atoms with van der Waals surface area (Å²) < 4.78 is 6.08. The van der Waals surface area contributed by atoms with Gasteiger partial charge in [0.15, 0.2) is 0 Å². The lowest BCUT2D eigenvalue weighted by molar-refractivity contribution is 0.382. The van der Waals surface area contributed by atoms with Crippen molar-refractivity contribution in [1.29, 1.82) is 0 Å². The second-order valence-corrected chi connectivity index (χ2v) is 5.20. The van der Waals surface area contributed by atoms with Crippen molar-refractivity contribution in [2.45, 2.75) is 59.0 Å². The van der Waals surface area contributed by atoms with Gasteiger partial charge in [0.25, 0.3) is 0 Å². The second kappa shape index (κ2) is 6.25. The van der Waals surface area contributed by atoms with E-state index < -0.39 is 0 Å². The fraction of sp³-hybridized carbons (Fsp3) is 0.529. The maximum absolute atomic E-state index is 6.08. The van der Waals surface area contributed by atoms with Crippen LogP contribution in [0.5, 0.6) is 0 Å². The molecular weight excluding hydrogens is 234 g/mol. The van der Waals surface area contributed by atoms with Crippen molar-refractivity contribution in [1.82, 2.24) is 5.32 Å². The molecular formula is C17H25NO. The fourth-order valence-electron chi connectivity index (χ4n) is 2.79. The minimum Gasteiger partial charge on any atom is -0.459 e. The summed E-state index contributed by atoms with van der Waals surface area (Å²) in [6.07, 6.45) is 3.33. The van der Waals surface area contributed by atoms with E-state index in [0.717, 1.165) is 30.6 Å². The van der Waals surface area contributed by atoms with Crippen LogP contribution < -0.4 is 5.32 Å². The minimum absolute atomic E-state index is 0.271. The summed E-state index contributed by atoms with van der Waals surface area (Å²) >= 11 is 0. The van der Waals surface area contributed by atoms with Crippen LogP contribution in [0.3, 0.4) is 0 Å². The quantitative estimate of drug-likeness (QED) is 0.803. The fourth-order valence-corrected chi connectivity index (χ4v) is 2.79. The minimum atomic E-state index is 0.271. The molecule has 2 aromatic rings. The molecule has 2 heteroatoms. The predicted molar refractivity (Wildman–Crippen MR) is 81.5 cm³/mol. The molecule has 0 aliphatic heterocycles. The van der Waals surface area contributed by atoms with E-state index in [4.69, 9.17) is 4.42 Å². The van der Waals surface area contributed by atoms with E-state index in [1.165, 1.54) is 10.9 Å². The zero-order valence-corrected chi connectivity index (χ0v) is 12.5. The van der Waals surface area contributed by atoms with Crippen LogP contribution in [0.15, 0.2) is 28.7 Å². The van der Waals surface area contributed by atoms with Gasteiger partial charge in [0, 0.05) is 17.0 Å². The van der Waals surface area contributed by atoms with E-state index in [2.05, 4.69) is 51.2 Å². The van der Waals surface area contributed by atoms with Crippen LogP contribution in [0, 0.1) is 0 Å². The third-order valence-corrected chi connectivity index (χ3v) is 3.95. The van der Waals surface area contributed by atoms with Crippen LogP contribution in [0.1, 0.15) is 57.9 Å². The summed E-state index contributed by atoms with van der Waals surface area (Å²) in [6, 6.07) is 9.17. The third kappa shape index (κ3) is 2.84. The number of fused-ring (bicyclic) bond motifs is 1. The topological polar surface area (TPSA) is 25.2 Å². The molecule has 1 atom stereocenters. The first-order valence-corrected chi connectivity index (χ1v) is 7.47. The van der Waals surface area contributed by atoms with E-state index in [9.17, 15) is 0 Å². The van der Waals surface area contributed by atoms with Crippen molar-refractivity contribution < 1.29 is 4.42 Å². The summed E-state index contributed by atoms with van der Waals surface area (Å²) in [5.41, 5.74) is 2.36. The number of aryl methyl sites for hydroxylation is 1. The van der Waals surface area contributed by atoms with Crippen LogP contribution in [-0.4, -0.2) is 6.04 Å². The number of hydrogen-bond acceptors (Lipinski definition) is 2. The molecule has 0 amide bonds. The summed E-state index contributed by atoms with van der Waals surface area (Å²) in [5, 5.41) is 4.94. The standard InChI is InChI=1S/C17H25NO/c1-5-13(6-2)18-12(4)17-14(7-3)15-10-8-9-11-16(15)19-17/h8-13,18H,5-7H2,1-4H3. The average Bonchev–Trinajstić information content (AvgIpc) is 2.83. The highest BCUT2D eigenvalue weighted by molar-refractivity contribution is 5.82. The lowest BCUT2D eigenvalue weighted by Crippen LogP contribution is -2.30. The lowest BCUT2D eigenvalue weighted by atomic mass is 10.0. The molecule has 0 aliphatic rings. The van der Waals surface area contributed by atoms with E-state index in [-0.39, 0.29) is 6.04 Å². The maximum atomic E-state index is 6.08. The molecule has 0 radical (unpaired) electrons. The van der Waals surface area contributed by atoms with Gasteiger partial charge in [-0.1, -0.05) is 39.0 Å². The van der Waals surface area contributed by atoms with Gasteiger partial charge in [-0.05, 0) is 32.3 Å². The van der Waals surface area contributed by atoms with Gasteiger partial charge in [0.2, 0.25) is 0 Å². The highest BCUT2D eigenvalue weighted by Crippen LogP contribution is 2.30. The van der Waals surface area contributed by atoms with Gasteiger partial charge in [-0.2, -0.15) is 0 Å². The highest BCUT2D eigenvalue weighted by Gasteiger charge is 2.19. The number of nitrogens with one attached hydrogen (secondary N) is 1. The lowest BCUT2D eigenvalue weighted by Gasteiger charge is -2.20. The van der Waals surface area contributed by atoms with Crippen LogP contribution in [0.2, 0.25) is 0 Å². The molecule has 2 rings (SSSR count). The molecule has 0 saturated heterocycles. The Kier molecular flexibility index (Phi) is 4.65. The van der Waals surface area contributed by atoms with Crippen LogP contribution in [-0.2, 0) is 6.42 Å². The molecule has 104 valence electrons. The molecule has 1 aromatic heterocycles. The van der Waals surface area contributed by atoms with Crippen molar-refractivity contribution in [2.75, 3.05) is 0 Å². The van der Waals surface area contributed by atoms with Crippen molar-refractivity contribution in [3.05, 3.63) is 35.6 Å². The number of furan rings is 1. The molecule has 1 aromatic carbocycles. The molecule has 19 heavy (non-hydrogen) atoms. The first-order chi connectivity index (χ1) is 9.21. The Balaban J connectivity index is 2.33. The molecule has 0 saturated carbocycles. The molecule has 0 fully saturated rings. The number of rotatable bonds is 6. The summed E-state index contributed by atoms with van der Waals surface area (Å²) in [5.74, 6) is 1.11. The molecule has 1 unspecified atom stereocenters. The molecule has 0 aliphatic carbocycles. The molecule has 0 spiro atoms. The Bertz CT molecular complexity index is 525. The van der Waals surface area contributed by atoms with Crippen LogP contribution in [0.25, 0.3) is 11.0 Å². The Morgan fingerprint density at radius 2 is 1.79 bits per heavy atom. The Hall–Kier alpha value is -1.28. The second-order valence-electron chi connectivity index (χ2n) is 5.20. The highest BCUT2D eigenvalue weighted by atomic mass is 16.3. The van der Waals surface area contributed by atoms with Gasteiger partial charge in [0.1, 0.15) is 11.3 Å². The monoisotopic (exact) mass is 259 g/mol. The van der Waals surface area contributed by atoms with Gasteiger partial charge in [-0.15, -0.1) is 0 Å². The Labute approximate surface area is 116 Å². The van der Waals surface area contributed by atoms with Crippen molar-refractivity contribution in [3.63, 3.8) is 0 Å². The first kappa shape index (κ1) is 14.1. The number of hydrogen-bond donors (Lipinski definition) is 1. The molecule has 2 nitrogen and oxygen atoms in total. The van der Waals surface area contributed by atoms with Crippen LogP contribution >= 0.6 is 0 Å². The van der Waals surface area contributed by atoms with Gasteiger partial charge < -0.3 is 9.73 Å². The number of benzene rings is 1. The van der Waals surface area contributed by atoms with E-state index >= 15 is 0 Å². The van der Waals surface area contributed by atoms with Crippen molar-refractivity contribution in [3.8, 4) is 0 Å². The number of para-hydroxylation sites is 1. The Morgan fingerprint density at radius 1 is 1.11 bits per heavy atom. The normalized spacial score (nSPS) is 13.3. The smallest absolute Gasteiger partial charge is 0.134 e. The average molecular weight is 259 g/mol. The molecule has 1 N–H and O–H groups in total. The third-order valence-electron chi connectivity index (χ3n) is 3.95. The van der Waals surface area contributed by atoms with Gasteiger partial charge in [-0.25, -0.2) is 0 Å². The summed E-state index contributed by atoms with van der Waals surface area (Å²) in [6.45, 7) is 8.86. The van der Waals surface area contributed by atoms with E-state index in [0.29, 0.717) is 6.04 Å². The van der Waals surface area contributed by atoms with Crippen LogP contribution in [0.4, 0.5) is 0 Å². The zero-order valence-electron chi connectivity index (χ0n) is 12.5. The summed E-state index contributed by atoms with van der Waals surface area (Å²) in [4.78, 5) is 0. The first-order valence-electron chi connectivity index (χ1n) is 7.47. The summed E-state index contributed by atoms with van der Waals surface area (Å²) in [7, 11) is 0. The SMILES string of the molecule is CCc1c(C(C)NC(CC)CC)oc2ccccc12. The maximum Gasteiger partial charge on any atom is 0.134 e. The predicted octanol–water partition coefficient (Wildman–Crippen LogP) is 4.83. The van der Waals surface area contributed by atoms with E-state index in [1.807, 2.05) is 6.07 Å².